The number of alkyl halides is 3. The predicted octanol–water partition coefficient (Wildman–Crippen LogP) is 2.71. The highest BCUT2D eigenvalue weighted by molar-refractivity contribution is 5.85. The quantitative estimate of drug-likeness (QED) is 0.870. The summed E-state index contributed by atoms with van der Waals surface area (Å²) in [5, 5.41) is 15.1. The van der Waals surface area contributed by atoms with Gasteiger partial charge in [0.05, 0.1) is 0 Å². The average molecular weight is 273 g/mol. The van der Waals surface area contributed by atoms with Gasteiger partial charge in [-0.25, -0.2) is 9.18 Å². The molecule has 3 nitrogen and oxygen atoms in total. The number of benzene rings is 1. The van der Waals surface area contributed by atoms with Crippen LogP contribution < -0.4 is 0 Å². The average Bonchev–Trinajstić information content (AvgIpc) is 2.16. The van der Waals surface area contributed by atoms with Crippen molar-refractivity contribution in [2.75, 3.05) is 0 Å². The van der Waals surface area contributed by atoms with Gasteiger partial charge in [0, 0.05) is 5.56 Å². The first-order valence-electron chi connectivity index (χ1n) is 4.25. The Kier molecular flexibility index (Phi) is 9.41. The zero-order chi connectivity index (χ0) is 12.7. The van der Waals surface area contributed by atoms with Gasteiger partial charge >= 0.3 is 12.6 Å². The molecule has 0 fully saturated rings. The van der Waals surface area contributed by atoms with Crippen LogP contribution in [0.25, 0.3) is 0 Å². The van der Waals surface area contributed by atoms with Crippen LogP contribution >= 0.6 is 12.4 Å². The largest absolute Gasteiger partial charge is 0.479 e. The van der Waals surface area contributed by atoms with Gasteiger partial charge in [-0.3, -0.25) is 0 Å². The molecule has 0 aliphatic heterocycles. The number of hydrogen-bond donors (Lipinski definition) is 2. The van der Waals surface area contributed by atoms with Crippen LogP contribution in [0.4, 0.5) is 13.2 Å². The minimum Gasteiger partial charge on any atom is -0.479 e. The minimum atomic E-state index is -3.17. The van der Waals surface area contributed by atoms with Crippen LogP contribution in [0.1, 0.15) is 17.3 Å². The van der Waals surface area contributed by atoms with Gasteiger partial charge in [0.2, 0.25) is 6.17 Å². The Hall–Kier alpha value is -1.27. The molecule has 98 valence electrons. The van der Waals surface area contributed by atoms with Gasteiger partial charge in [-0.15, -0.1) is 12.4 Å². The molecule has 0 radical (unpaired) electrons. The zero-order valence-electron chi connectivity index (χ0n) is 8.81. The summed E-state index contributed by atoms with van der Waals surface area (Å²) < 4.78 is 32.7. The molecule has 7 heteroatoms. The molecule has 17 heavy (non-hydrogen) atoms. The maximum Gasteiger partial charge on any atom is 0.343 e. The highest BCUT2D eigenvalue weighted by Gasteiger charge is 2.19. The molecule has 0 aromatic heterocycles. The number of rotatable bonds is 2. The SMILES string of the molecule is Cc1ccccc1[C@H](F)C(=O)O.Cl.OC(F)F. The van der Waals surface area contributed by atoms with Crippen molar-refractivity contribution in [2.45, 2.75) is 19.7 Å². The Balaban J connectivity index is 0. The molecule has 0 heterocycles. The maximum atomic E-state index is 12.9. The third-order valence-corrected chi connectivity index (χ3v) is 1.68. The van der Waals surface area contributed by atoms with Gasteiger partial charge in [0.15, 0.2) is 0 Å². The lowest BCUT2D eigenvalue weighted by molar-refractivity contribution is -0.143. The Morgan fingerprint density at radius 2 is 1.65 bits per heavy atom. The van der Waals surface area contributed by atoms with Crippen LogP contribution in [0, 0.1) is 6.92 Å². The Labute approximate surface area is 102 Å². The predicted molar refractivity (Wildman–Crippen MR) is 58.1 cm³/mol. The third kappa shape index (κ3) is 7.59. The van der Waals surface area contributed by atoms with Crippen LogP contribution in [-0.2, 0) is 4.79 Å². The van der Waals surface area contributed by atoms with E-state index in [4.69, 9.17) is 10.2 Å². The molecule has 2 N–H and O–H groups in total. The highest BCUT2D eigenvalue weighted by atomic mass is 35.5. The van der Waals surface area contributed by atoms with E-state index in [1.165, 1.54) is 6.07 Å². The van der Waals surface area contributed by atoms with Crippen molar-refractivity contribution in [3.05, 3.63) is 35.4 Å². The van der Waals surface area contributed by atoms with Gasteiger partial charge < -0.3 is 10.2 Å². The van der Waals surface area contributed by atoms with Crippen LogP contribution in [0.3, 0.4) is 0 Å². The molecule has 0 spiro atoms. The molecule has 1 rings (SSSR count). The summed E-state index contributed by atoms with van der Waals surface area (Å²) in [6.45, 7) is -1.48. The number of aliphatic carboxylic acids is 1. The molecule has 0 aliphatic carbocycles. The molecule has 0 bridgehead atoms. The standard InChI is InChI=1S/C9H9FO2.CH2F2O.ClH/c1-6-4-2-3-5-7(6)8(10)9(11)12;2-1(3)4;/h2-5,8H,1H3,(H,11,12);1,4H;1H/t8-;;/m0../s1. The number of hydrogen-bond acceptors (Lipinski definition) is 2. The molecule has 0 aliphatic rings. The van der Waals surface area contributed by atoms with E-state index in [2.05, 4.69) is 0 Å². The number of aryl methyl sites for hydroxylation is 1. The van der Waals surface area contributed by atoms with E-state index in [0.717, 1.165) is 0 Å². The molecular formula is C10H12ClF3O3. The Bertz CT molecular complexity index is 345. The van der Waals surface area contributed by atoms with Gasteiger partial charge in [0.25, 0.3) is 0 Å². The van der Waals surface area contributed by atoms with E-state index in [0.29, 0.717) is 5.56 Å². The van der Waals surface area contributed by atoms with Crippen LogP contribution in [0.2, 0.25) is 0 Å². The number of carboxylic acids is 1. The van der Waals surface area contributed by atoms with E-state index in [-0.39, 0.29) is 18.0 Å². The fraction of sp³-hybridized carbons (Fsp3) is 0.300. The number of carboxylic acid groups (broad SMARTS) is 1. The second kappa shape index (κ2) is 8.83. The molecular weight excluding hydrogens is 261 g/mol. The van der Waals surface area contributed by atoms with Crippen LogP contribution in [-0.4, -0.2) is 22.8 Å². The lowest BCUT2D eigenvalue weighted by Gasteiger charge is -2.05. The van der Waals surface area contributed by atoms with E-state index in [1.54, 1.807) is 25.1 Å². The molecule has 1 aromatic carbocycles. The van der Waals surface area contributed by atoms with E-state index < -0.39 is 18.8 Å². The molecule has 0 unspecified atom stereocenters. The van der Waals surface area contributed by atoms with E-state index >= 15 is 0 Å². The number of aliphatic hydroxyl groups is 1. The first kappa shape index (κ1) is 18.1. The summed E-state index contributed by atoms with van der Waals surface area (Å²) >= 11 is 0. The fourth-order valence-electron chi connectivity index (χ4n) is 1.00. The first-order valence-corrected chi connectivity index (χ1v) is 4.25. The zero-order valence-corrected chi connectivity index (χ0v) is 9.63. The smallest absolute Gasteiger partial charge is 0.343 e. The Morgan fingerprint density at radius 1 is 1.24 bits per heavy atom. The monoisotopic (exact) mass is 272 g/mol. The van der Waals surface area contributed by atoms with Crippen molar-refractivity contribution in [2.24, 2.45) is 0 Å². The summed E-state index contributed by atoms with van der Waals surface area (Å²) in [4.78, 5) is 10.3. The summed E-state index contributed by atoms with van der Waals surface area (Å²) in [5.41, 5.74) is 0.886. The highest BCUT2D eigenvalue weighted by Crippen LogP contribution is 2.20. The number of aliphatic hydroxyl groups excluding tert-OH is 1. The van der Waals surface area contributed by atoms with Crippen molar-refractivity contribution in [3.8, 4) is 0 Å². The number of halogens is 4. The maximum absolute atomic E-state index is 12.9. The first-order chi connectivity index (χ1) is 7.36. The lowest BCUT2D eigenvalue weighted by Crippen LogP contribution is -2.07. The van der Waals surface area contributed by atoms with Crippen LogP contribution in [0.5, 0.6) is 0 Å². The molecule has 0 saturated heterocycles. The van der Waals surface area contributed by atoms with Crippen molar-refractivity contribution in [1.29, 1.82) is 0 Å². The van der Waals surface area contributed by atoms with Crippen molar-refractivity contribution in [1.82, 2.24) is 0 Å². The van der Waals surface area contributed by atoms with E-state index in [1.807, 2.05) is 0 Å². The summed E-state index contributed by atoms with van der Waals surface area (Å²) in [6.07, 6.45) is -1.91. The lowest BCUT2D eigenvalue weighted by atomic mass is 10.1. The van der Waals surface area contributed by atoms with Gasteiger partial charge in [-0.1, -0.05) is 24.3 Å². The number of carbonyl (C=O) groups is 1. The van der Waals surface area contributed by atoms with Crippen LogP contribution in [0.15, 0.2) is 24.3 Å². The van der Waals surface area contributed by atoms with Gasteiger partial charge in [-0.05, 0) is 12.5 Å². The summed E-state index contributed by atoms with van der Waals surface area (Å²) in [5.74, 6) is -1.44. The normalized spacial score (nSPS) is 10.9. The van der Waals surface area contributed by atoms with Gasteiger partial charge in [-0.2, -0.15) is 8.78 Å². The van der Waals surface area contributed by atoms with Crippen molar-refractivity contribution >= 4 is 18.4 Å². The van der Waals surface area contributed by atoms with Crippen molar-refractivity contribution < 1.29 is 28.2 Å². The second-order valence-corrected chi connectivity index (χ2v) is 2.84. The third-order valence-electron chi connectivity index (χ3n) is 1.68. The fourth-order valence-corrected chi connectivity index (χ4v) is 1.00. The van der Waals surface area contributed by atoms with E-state index in [9.17, 15) is 18.0 Å². The summed E-state index contributed by atoms with van der Waals surface area (Å²) in [7, 11) is 0. The Morgan fingerprint density at radius 3 is 2.00 bits per heavy atom. The van der Waals surface area contributed by atoms with Crippen molar-refractivity contribution in [3.63, 3.8) is 0 Å². The summed E-state index contributed by atoms with van der Waals surface area (Å²) in [6, 6.07) is 6.53. The minimum absolute atomic E-state index is 0. The van der Waals surface area contributed by atoms with Gasteiger partial charge in [0.1, 0.15) is 0 Å². The molecule has 1 aromatic rings. The second-order valence-electron chi connectivity index (χ2n) is 2.84. The molecule has 0 saturated carbocycles. The molecule has 0 amide bonds. The molecule has 1 atom stereocenters. The topological polar surface area (TPSA) is 57.5 Å².